The number of anilines is 1. The molecule has 0 aliphatic carbocycles. The highest BCUT2D eigenvalue weighted by molar-refractivity contribution is 5.95. The molecule has 0 saturated carbocycles. The molecule has 0 radical (unpaired) electrons. The Balaban J connectivity index is 3.22. The fraction of sp³-hybridized carbons (Fsp3) is 0.538. The molecule has 1 heterocycles. The zero-order valence-electron chi connectivity index (χ0n) is 11.1. The van der Waals surface area contributed by atoms with Crippen LogP contribution in [0, 0.1) is 13.8 Å². The number of rotatable bonds is 6. The van der Waals surface area contributed by atoms with Gasteiger partial charge in [-0.25, -0.2) is 9.78 Å². The molecular formula is C13H20N2O3. The van der Waals surface area contributed by atoms with Crippen molar-refractivity contribution < 1.29 is 15.0 Å². The van der Waals surface area contributed by atoms with Crippen LogP contribution >= 0.6 is 0 Å². The van der Waals surface area contributed by atoms with Crippen molar-refractivity contribution in [1.82, 2.24) is 4.98 Å². The van der Waals surface area contributed by atoms with Gasteiger partial charge in [-0.3, -0.25) is 0 Å². The number of carbonyl (C=O) groups is 1. The zero-order chi connectivity index (χ0) is 13.7. The number of aryl methyl sites for hydroxylation is 2. The largest absolute Gasteiger partial charge is 0.478 e. The fourth-order valence-electron chi connectivity index (χ4n) is 1.99. The van der Waals surface area contributed by atoms with E-state index in [1.165, 1.54) is 0 Å². The Morgan fingerprint density at radius 2 is 2.11 bits per heavy atom. The van der Waals surface area contributed by atoms with Crippen molar-refractivity contribution in [2.24, 2.45) is 0 Å². The minimum atomic E-state index is -0.961. The van der Waals surface area contributed by atoms with Crippen molar-refractivity contribution in [1.29, 1.82) is 0 Å². The number of hydrogen-bond acceptors (Lipinski definition) is 4. The molecule has 1 aromatic heterocycles. The monoisotopic (exact) mass is 252 g/mol. The predicted octanol–water partition coefficient (Wildman–Crippen LogP) is 1.61. The topological polar surface area (TPSA) is 73.7 Å². The van der Waals surface area contributed by atoms with Crippen molar-refractivity contribution in [2.45, 2.75) is 27.2 Å². The summed E-state index contributed by atoms with van der Waals surface area (Å²) in [5.74, 6) is -0.464. The highest BCUT2D eigenvalue weighted by Gasteiger charge is 2.19. The van der Waals surface area contributed by atoms with Crippen molar-refractivity contribution in [2.75, 3.05) is 24.6 Å². The van der Waals surface area contributed by atoms with Crippen molar-refractivity contribution >= 4 is 11.8 Å². The van der Waals surface area contributed by atoms with E-state index in [4.69, 9.17) is 5.11 Å². The molecule has 0 aromatic carbocycles. The van der Waals surface area contributed by atoms with Gasteiger partial charge >= 0.3 is 5.97 Å². The number of aromatic carboxylic acids is 1. The third kappa shape index (κ3) is 3.20. The Morgan fingerprint density at radius 3 is 2.61 bits per heavy atom. The van der Waals surface area contributed by atoms with E-state index in [-0.39, 0.29) is 12.2 Å². The van der Waals surface area contributed by atoms with Gasteiger partial charge in [-0.05, 0) is 38.8 Å². The molecule has 100 valence electrons. The van der Waals surface area contributed by atoms with Crippen LogP contribution in [0.25, 0.3) is 0 Å². The van der Waals surface area contributed by atoms with Crippen LogP contribution in [-0.4, -0.2) is 40.9 Å². The van der Waals surface area contributed by atoms with E-state index in [1.54, 1.807) is 13.0 Å². The van der Waals surface area contributed by atoms with Gasteiger partial charge in [-0.15, -0.1) is 0 Å². The predicted molar refractivity (Wildman–Crippen MR) is 70.3 cm³/mol. The maximum atomic E-state index is 11.3. The first kappa shape index (κ1) is 14.4. The summed E-state index contributed by atoms with van der Waals surface area (Å²) in [6, 6.07) is 1.77. The molecular weight excluding hydrogens is 232 g/mol. The fourth-order valence-corrected chi connectivity index (χ4v) is 1.99. The second-order valence-electron chi connectivity index (χ2n) is 4.24. The first-order chi connectivity index (χ1) is 8.51. The van der Waals surface area contributed by atoms with Crippen LogP contribution in [-0.2, 0) is 0 Å². The van der Waals surface area contributed by atoms with E-state index in [0.717, 1.165) is 5.69 Å². The average Bonchev–Trinajstić information content (AvgIpc) is 2.28. The number of nitrogens with zero attached hydrogens (tertiary/aromatic N) is 2. The van der Waals surface area contributed by atoms with E-state index >= 15 is 0 Å². The second kappa shape index (κ2) is 6.35. The van der Waals surface area contributed by atoms with E-state index in [0.29, 0.717) is 30.9 Å². The lowest BCUT2D eigenvalue weighted by molar-refractivity contribution is 0.0696. The maximum absolute atomic E-state index is 11.3. The Morgan fingerprint density at radius 1 is 1.44 bits per heavy atom. The van der Waals surface area contributed by atoms with Gasteiger partial charge in [0, 0.05) is 25.4 Å². The standard InChI is InChI=1S/C13H20N2O3/c1-4-15(6-5-7-16)12-11(13(17)18)9(2)8-10(3)14-12/h8,16H,4-7H2,1-3H3,(H,17,18). The first-order valence-corrected chi connectivity index (χ1v) is 6.08. The summed E-state index contributed by atoms with van der Waals surface area (Å²) in [4.78, 5) is 17.6. The van der Waals surface area contributed by atoms with Gasteiger partial charge in [0.2, 0.25) is 0 Å². The third-order valence-electron chi connectivity index (χ3n) is 2.81. The number of carboxylic acid groups (broad SMARTS) is 1. The second-order valence-corrected chi connectivity index (χ2v) is 4.24. The number of pyridine rings is 1. The van der Waals surface area contributed by atoms with Crippen molar-refractivity contribution in [3.05, 3.63) is 22.9 Å². The molecule has 0 aliphatic rings. The molecule has 1 rings (SSSR count). The van der Waals surface area contributed by atoms with Crippen LogP contribution in [0.3, 0.4) is 0 Å². The van der Waals surface area contributed by atoms with E-state index in [1.807, 2.05) is 18.7 Å². The summed E-state index contributed by atoms with van der Waals surface area (Å²) in [7, 11) is 0. The number of aliphatic hydroxyl groups excluding tert-OH is 1. The van der Waals surface area contributed by atoms with Gasteiger partial charge in [-0.1, -0.05) is 0 Å². The molecule has 5 nitrogen and oxygen atoms in total. The van der Waals surface area contributed by atoms with Gasteiger partial charge in [0.1, 0.15) is 11.4 Å². The van der Waals surface area contributed by atoms with Crippen LogP contribution in [0.15, 0.2) is 6.07 Å². The summed E-state index contributed by atoms with van der Waals surface area (Å²) in [6.45, 7) is 6.93. The molecule has 0 aliphatic heterocycles. The molecule has 18 heavy (non-hydrogen) atoms. The Bertz CT molecular complexity index is 432. The molecule has 5 heteroatoms. The van der Waals surface area contributed by atoms with Gasteiger partial charge in [-0.2, -0.15) is 0 Å². The van der Waals surface area contributed by atoms with Crippen LogP contribution in [0.5, 0.6) is 0 Å². The Kier molecular flexibility index (Phi) is 5.09. The summed E-state index contributed by atoms with van der Waals surface area (Å²) in [5, 5.41) is 18.2. The quantitative estimate of drug-likeness (QED) is 0.804. The minimum Gasteiger partial charge on any atom is -0.478 e. The summed E-state index contributed by atoms with van der Waals surface area (Å²) in [5.41, 5.74) is 1.77. The number of hydrogen-bond donors (Lipinski definition) is 2. The minimum absolute atomic E-state index is 0.0870. The maximum Gasteiger partial charge on any atom is 0.339 e. The summed E-state index contributed by atoms with van der Waals surface area (Å²) in [6.07, 6.45) is 0.599. The molecule has 0 fully saturated rings. The SMILES string of the molecule is CCN(CCCO)c1nc(C)cc(C)c1C(=O)O. The van der Waals surface area contributed by atoms with E-state index in [2.05, 4.69) is 4.98 Å². The molecule has 2 N–H and O–H groups in total. The van der Waals surface area contributed by atoms with Crippen molar-refractivity contribution in [3.8, 4) is 0 Å². The molecule has 0 amide bonds. The number of carboxylic acids is 1. The first-order valence-electron chi connectivity index (χ1n) is 6.08. The zero-order valence-corrected chi connectivity index (χ0v) is 11.1. The number of aromatic nitrogens is 1. The van der Waals surface area contributed by atoms with Crippen LogP contribution in [0.4, 0.5) is 5.82 Å². The van der Waals surface area contributed by atoms with Gasteiger partial charge in [0.15, 0.2) is 0 Å². The molecule has 0 bridgehead atoms. The summed E-state index contributed by atoms with van der Waals surface area (Å²) < 4.78 is 0. The van der Waals surface area contributed by atoms with Gasteiger partial charge in [0.05, 0.1) is 0 Å². The third-order valence-corrected chi connectivity index (χ3v) is 2.81. The Labute approximate surface area is 107 Å². The summed E-state index contributed by atoms with van der Waals surface area (Å²) >= 11 is 0. The lowest BCUT2D eigenvalue weighted by atomic mass is 10.1. The highest BCUT2D eigenvalue weighted by Crippen LogP contribution is 2.22. The van der Waals surface area contributed by atoms with Crippen molar-refractivity contribution in [3.63, 3.8) is 0 Å². The lowest BCUT2D eigenvalue weighted by Gasteiger charge is -2.24. The Hall–Kier alpha value is -1.62. The van der Waals surface area contributed by atoms with Crippen LogP contribution < -0.4 is 4.90 Å². The lowest BCUT2D eigenvalue weighted by Crippen LogP contribution is -2.28. The van der Waals surface area contributed by atoms with Crippen LogP contribution in [0.1, 0.15) is 35.0 Å². The average molecular weight is 252 g/mol. The smallest absolute Gasteiger partial charge is 0.339 e. The normalized spacial score (nSPS) is 10.4. The molecule has 0 atom stereocenters. The molecule has 0 unspecified atom stereocenters. The molecule has 1 aromatic rings. The molecule has 0 spiro atoms. The van der Waals surface area contributed by atoms with Gasteiger partial charge in [0.25, 0.3) is 0 Å². The van der Waals surface area contributed by atoms with E-state index < -0.39 is 5.97 Å². The molecule has 0 saturated heterocycles. The van der Waals surface area contributed by atoms with Gasteiger partial charge < -0.3 is 15.1 Å². The highest BCUT2D eigenvalue weighted by atomic mass is 16.4. The van der Waals surface area contributed by atoms with Crippen LogP contribution in [0.2, 0.25) is 0 Å². The van der Waals surface area contributed by atoms with E-state index in [9.17, 15) is 9.90 Å². The number of aliphatic hydroxyl groups is 1.